The lowest BCUT2D eigenvalue weighted by Gasteiger charge is -2.02. The second-order valence-electron chi connectivity index (χ2n) is 2.90. The molecule has 0 saturated heterocycles. The molecule has 2 rings (SSSR count). The summed E-state index contributed by atoms with van der Waals surface area (Å²) in [6.45, 7) is 4.15. The van der Waals surface area contributed by atoms with E-state index >= 15 is 0 Å². The first-order valence-corrected chi connectivity index (χ1v) is 5.03. The number of aromatic nitrogens is 1. The number of nitrogens with zero attached hydrogens (tertiary/aromatic N) is 1. The molecule has 0 radical (unpaired) electrons. The van der Waals surface area contributed by atoms with Crippen LogP contribution in [-0.2, 0) is 6.54 Å². The van der Waals surface area contributed by atoms with Crippen LogP contribution in [0.25, 0.3) is 10.2 Å². The van der Waals surface area contributed by atoms with Gasteiger partial charge in [-0.05, 0) is 17.5 Å². The van der Waals surface area contributed by atoms with E-state index in [1.165, 1.54) is 0 Å². The normalized spacial score (nSPS) is 10.6. The standard InChI is InChI=1S/C10H9NO2S/c1-2-4-11-7-3-5-14-9(7)6-8(11)10(12)13/h2-3,5-6H,1,4H2,(H,12,13). The summed E-state index contributed by atoms with van der Waals surface area (Å²) < 4.78 is 2.76. The first kappa shape index (κ1) is 9.02. The van der Waals surface area contributed by atoms with Crippen LogP contribution in [0.4, 0.5) is 0 Å². The number of carboxylic acids is 1. The van der Waals surface area contributed by atoms with E-state index in [-0.39, 0.29) is 0 Å². The molecule has 0 amide bonds. The molecule has 2 aromatic rings. The van der Waals surface area contributed by atoms with E-state index in [1.807, 2.05) is 11.4 Å². The molecule has 0 aliphatic rings. The molecule has 0 fully saturated rings. The van der Waals surface area contributed by atoms with Gasteiger partial charge in [0.2, 0.25) is 0 Å². The van der Waals surface area contributed by atoms with Gasteiger partial charge in [0.05, 0.1) is 10.2 Å². The van der Waals surface area contributed by atoms with Crippen molar-refractivity contribution in [1.29, 1.82) is 0 Å². The Labute approximate surface area is 84.9 Å². The fraction of sp³-hybridized carbons (Fsp3) is 0.100. The van der Waals surface area contributed by atoms with Gasteiger partial charge in [0.25, 0.3) is 0 Å². The summed E-state index contributed by atoms with van der Waals surface area (Å²) in [4.78, 5) is 10.9. The van der Waals surface area contributed by atoms with Gasteiger partial charge in [-0.2, -0.15) is 0 Å². The van der Waals surface area contributed by atoms with Crippen molar-refractivity contribution in [1.82, 2.24) is 4.57 Å². The third-order valence-electron chi connectivity index (χ3n) is 2.05. The van der Waals surface area contributed by atoms with Gasteiger partial charge in [-0.25, -0.2) is 4.79 Å². The average Bonchev–Trinajstić information content (AvgIpc) is 2.67. The molecule has 0 aliphatic carbocycles. The van der Waals surface area contributed by atoms with Crippen molar-refractivity contribution < 1.29 is 9.90 Å². The van der Waals surface area contributed by atoms with Crippen LogP contribution in [0.3, 0.4) is 0 Å². The Morgan fingerprint density at radius 2 is 2.50 bits per heavy atom. The van der Waals surface area contributed by atoms with E-state index in [0.717, 1.165) is 10.2 Å². The van der Waals surface area contributed by atoms with Crippen molar-refractivity contribution in [3.05, 3.63) is 35.9 Å². The number of carboxylic acid groups (broad SMARTS) is 1. The summed E-state index contributed by atoms with van der Waals surface area (Å²) in [6.07, 6.45) is 1.70. The van der Waals surface area contributed by atoms with Crippen molar-refractivity contribution in [2.75, 3.05) is 0 Å². The average molecular weight is 207 g/mol. The molecule has 0 saturated carbocycles. The lowest BCUT2D eigenvalue weighted by molar-refractivity contribution is 0.0686. The third-order valence-corrected chi connectivity index (χ3v) is 2.91. The molecule has 3 nitrogen and oxygen atoms in total. The zero-order chi connectivity index (χ0) is 10.1. The lowest BCUT2D eigenvalue weighted by atomic mass is 10.4. The zero-order valence-electron chi connectivity index (χ0n) is 7.43. The number of rotatable bonds is 3. The molecule has 2 heterocycles. The van der Waals surface area contributed by atoms with Crippen LogP contribution >= 0.6 is 11.3 Å². The summed E-state index contributed by atoms with van der Waals surface area (Å²) in [6, 6.07) is 3.63. The highest BCUT2D eigenvalue weighted by molar-refractivity contribution is 7.17. The Bertz CT molecular complexity index is 495. The summed E-state index contributed by atoms with van der Waals surface area (Å²) in [5, 5.41) is 10.9. The van der Waals surface area contributed by atoms with Gasteiger partial charge in [0.1, 0.15) is 5.69 Å². The fourth-order valence-corrected chi connectivity index (χ4v) is 2.30. The number of allylic oxidation sites excluding steroid dienone is 1. The first-order chi connectivity index (χ1) is 6.74. The van der Waals surface area contributed by atoms with E-state index in [1.54, 1.807) is 28.0 Å². The van der Waals surface area contributed by atoms with E-state index in [2.05, 4.69) is 6.58 Å². The van der Waals surface area contributed by atoms with Crippen molar-refractivity contribution >= 4 is 27.5 Å². The molecule has 0 atom stereocenters. The molecule has 0 bridgehead atoms. The minimum absolute atomic E-state index is 0.326. The molecular weight excluding hydrogens is 198 g/mol. The number of hydrogen-bond acceptors (Lipinski definition) is 2. The number of hydrogen-bond donors (Lipinski definition) is 1. The lowest BCUT2D eigenvalue weighted by Crippen LogP contribution is -2.06. The quantitative estimate of drug-likeness (QED) is 0.786. The molecule has 0 aromatic carbocycles. The summed E-state index contributed by atoms with van der Waals surface area (Å²) in [5.74, 6) is -0.893. The van der Waals surface area contributed by atoms with Gasteiger partial charge in [-0.3, -0.25) is 0 Å². The summed E-state index contributed by atoms with van der Waals surface area (Å²) in [5.41, 5.74) is 1.29. The SMILES string of the molecule is C=CCn1c(C(=O)O)cc2sccc21. The van der Waals surface area contributed by atoms with Crippen molar-refractivity contribution in [3.8, 4) is 0 Å². The van der Waals surface area contributed by atoms with Crippen LogP contribution in [0, 0.1) is 0 Å². The molecule has 0 unspecified atom stereocenters. The summed E-state index contributed by atoms with van der Waals surface area (Å²) in [7, 11) is 0. The van der Waals surface area contributed by atoms with E-state index in [4.69, 9.17) is 5.11 Å². The van der Waals surface area contributed by atoms with Gasteiger partial charge in [0, 0.05) is 6.54 Å². The molecule has 2 aromatic heterocycles. The highest BCUT2D eigenvalue weighted by atomic mass is 32.1. The molecule has 0 aliphatic heterocycles. The molecule has 14 heavy (non-hydrogen) atoms. The molecule has 72 valence electrons. The van der Waals surface area contributed by atoms with Gasteiger partial charge in [-0.15, -0.1) is 17.9 Å². The maximum Gasteiger partial charge on any atom is 0.352 e. The van der Waals surface area contributed by atoms with Crippen LogP contribution in [0.5, 0.6) is 0 Å². The summed E-state index contributed by atoms with van der Waals surface area (Å²) >= 11 is 1.55. The number of aromatic carboxylic acids is 1. The molecular formula is C10H9NO2S. The Morgan fingerprint density at radius 1 is 1.71 bits per heavy atom. The molecule has 1 N–H and O–H groups in total. The van der Waals surface area contributed by atoms with Crippen LogP contribution in [0.15, 0.2) is 30.2 Å². The first-order valence-electron chi connectivity index (χ1n) is 4.15. The predicted octanol–water partition coefficient (Wildman–Crippen LogP) is 2.59. The molecule has 4 heteroatoms. The van der Waals surface area contributed by atoms with Crippen molar-refractivity contribution in [3.63, 3.8) is 0 Å². The van der Waals surface area contributed by atoms with Crippen molar-refractivity contribution in [2.24, 2.45) is 0 Å². The zero-order valence-corrected chi connectivity index (χ0v) is 8.25. The fourth-order valence-electron chi connectivity index (χ4n) is 1.48. The number of thiophene rings is 1. The Morgan fingerprint density at radius 3 is 3.14 bits per heavy atom. The van der Waals surface area contributed by atoms with E-state index < -0.39 is 5.97 Å². The minimum Gasteiger partial charge on any atom is -0.477 e. The smallest absolute Gasteiger partial charge is 0.352 e. The predicted molar refractivity (Wildman–Crippen MR) is 57.0 cm³/mol. The van der Waals surface area contributed by atoms with Crippen LogP contribution in [0.1, 0.15) is 10.5 Å². The van der Waals surface area contributed by atoms with E-state index in [9.17, 15) is 4.79 Å². The highest BCUT2D eigenvalue weighted by Gasteiger charge is 2.13. The van der Waals surface area contributed by atoms with Crippen LogP contribution < -0.4 is 0 Å². The second-order valence-corrected chi connectivity index (χ2v) is 3.85. The number of fused-ring (bicyclic) bond motifs is 1. The van der Waals surface area contributed by atoms with E-state index in [0.29, 0.717) is 12.2 Å². The highest BCUT2D eigenvalue weighted by Crippen LogP contribution is 2.25. The van der Waals surface area contributed by atoms with Crippen LogP contribution in [0.2, 0.25) is 0 Å². The Kier molecular flexibility index (Phi) is 2.13. The van der Waals surface area contributed by atoms with Gasteiger partial charge < -0.3 is 9.67 Å². The second kappa shape index (κ2) is 3.31. The van der Waals surface area contributed by atoms with Gasteiger partial charge in [-0.1, -0.05) is 6.08 Å². The maximum absolute atomic E-state index is 10.9. The van der Waals surface area contributed by atoms with Crippen LogP contribution in [-0.4, -0.2) is 15.6 Å². The van der Waals surface area contributed by atoms with Crippen molar-refractivity contribution in [2.45, 2.75) is 6.54 Å². The number of carbonyl (C=O) groups is 1. The molecule has 0 spiro atoms. The Balaban J connectivity index is 2.68. The van der Waals surface area contributed by atoms with Gasteiger partial charge in [0.15, 0.2) is 0 Å². The maximum atomic E-state index is 10.9. The minimum atomic E-state index is -0.893. The third kappa shape index (κ3) is 1.24. The topological polar surface area (TPSA) is 42.2 Å². The van der Waals surface area contributed by atoms with Gasteiger partial charge >= 0.3 is 5.97 Å². The Hall–Kier alpha value is -1.55. The largest absolute Gasteiger partial charge is 0.477 e. The monoisotopic (exact) mass is 207 g/mol.